The number of amides is 2. The summed E-state index contributed by atoms with van der Waals surface area (Å²) < 4.78 is 0. The lowest BCUT2D eigenvalue weighted by Gasteiger charge is -2.35. The Kier molecular flexibility index (Phi) is 14.6. The van der Waals surface area contributed by atoms with Gasteiger partial charge in [-0.05, 0) is 111 Å². The maximum atomic E-state index is 13.8. The van der Waals surface area contributed by atoms with E-state index in [0.717, 1.165) is 52.2 Å². The van der Waals surface area contributed by atoms with Gasteiger partial charge in [-0.2, -0.15) is 0 Å². The van der Waals surface area contributed by atoms with Gasteiger partial charge in [0.2, 0.25) is 5.91 Å². The van der Waals surface area contributed by atoms with E-state index in [0.29, 0.717) is 30.1 Å². The Hall–Kier alpha value is -3.85. The third-order valence-corrected chi connectivity index (χ3v) is 13.4. The second-order valence-electron chi connectivity index (χ2n) is 16.8. The number of unbranched alkanes of at least 4 members (excludes halogenated alkanes) is 2. The molecule has 2 N–H and O–H groups in total. The van der Waals surface area contributed by atoms with E-state index in [4.69, 9.17) is 4.99 Å². The predicted octanol–water partition coefficient (Wildman–Crippen LogP) is 9.93. The number of carbonyl (C=O) groups is 3. The number of carboxylic acid groups (broad SMARTS) is 1. The smallest absolute Gasteiger partial charge is 0.326 e. The Morgan fingerprint density at radius 1 is 1.02 bits per heavy atom. The molecule has 3 aliphatic rings. The van der Waals surface area contributed by atoms with Crippen LogP contribution < -0.4 is 5.32 Å². The first-order chi connectivity index (χ1) is 25.9. The van der Waals surface area contributed by atoms with Gasteiger partial charge in [-0.15, -0.1) is 11.3 Å². The molecule has 0 bridgehead atoms. The molecule has 2 aliphatic carbocycles. The number of amidine groups is 1. The Bertz CT molecular complexity index is 1710. The quantitative estimate of drug-likeness (QED) is 0.114. The van der Waals surface area contributed by atoms with E-state index in [1.54, 1.807) is 6.07 Å². The number of likely N-dealkylation sites (tertiary alicyclic amines) is 1. The Morgan fingerprint density at radius 3 is 2.37 bits per heavy atom. The van der Waals surface area contributed by atoms with Gasteiger partial charge >= 0.3 is 5.97 Å². The standard InChI is InChI=1S/C45H62N4O4S/c1-7-8-9-11-31-13-17-34(18-14-31)35-23-21-33(22-24-35)30(2)29-47-41(46-6)36-19-15-32(16-20-36)28-37(43(51)49-27-10-12-38(49)44(52)53)48-42(50)39-25-26-40(54-39)45(3,4)5/h15-16,19-21,25-26,29,31,34-35,37-38H,6-14,17-18,22-24,27-28H2,1-5H3,(H,48,50)(H,52,53)/b30-29+,47-41?/t31?,34?,35?,37-,38-/m0/s1. The molecule has 8 nitrogen and oxygen atoms in total. The zero-order valence-corrected chi connectivity index (χ0v) is 34.1. The molecule has 9 heteroatoms. The number of nitrogens with one attached hydrogen (secondary N) is 1. The fourth-order valence-electron chi connectivity index (χ4n) is 8.53. The van der Waals surface area contributed by atoms with Crippen LogP contribution in [0.25, 0.3) is 0 Å². The van der Waals surface area contributed by atoms with Crippen LogP contribution in [-0.4, -0.2) is 59.0 Å². The number of allylic oxidation sites excluding steroid dienone is 3. The summed E-state index contributed by atoms with van der Waals surface area (Å²) in [5.41, 5.74) is 4.05. The van der Waals surface area contributed by atoms with Gasteiger partial charge in [0.15, 0.2) is 5.84 Å². The molecule has 1 aliphatic heterocycles. The minimum Gasteiger partial charge on any atom is -0.480 e. The van der Waals surface area contributed by atoms with Crippen LogP contribution in [0.15, 0.2) is 69.8 Å². The average Bonchev–Trinajstić information content (AvgIpc) is 3.87. The molecule has 0 radical (unpaired) electrons. The van der Waals surface area contributed by atoms with E-state index >= 15 is 0 Å². The maximum Gasteiger partial charge on any atom is 0.326 e. The molecular weight excluding hydrogens is 693 g/mol. The Balaban J connectivity index is 1.23. The van der Waals surface area contributed by atoms with Gasteiger partial charge in [0.05, 0.1) is 4.88 Å². The molecule has 1 aromatic heterocycles. The monoisotopic (exact) mass is 754 g/mol. The van der Waals surface area contributed by atoms with Crippen LogP contribution in [0.5, 0.6) is 0 Å². The largest absolute Gasteiger partial charge is 0.480 e. The van der Waals surface area contributed by atoms with Gasteiger partial charge in [-0.25, -0.2) is 14.8 Å². The fraction of sp³-hybridized carbons (Fsp3) is 0.578. The lowest BCUT2D eigenvalue weighted by atomic mass is 9.70. The molecule has 2 amide bonds. The number of aliphatic carboxylic acids is 1. The van der Waals surface area contributed by atoms with E-state index in [-0.39, 0.29) is 23.7 Å². The summed E-state index contributed by atoms with van der Waals surface area (Å²) >= 11 is 1.41. The summed E-state index contributed by atoms with van der Waals surface area (Å²) in [6.07, 6.45) is 20.2. The van der Waals surface area contributed by atoms with Crippen molar-refractivity contribution in [3.8, 4) is 0 Å². The van der Waals surface area contributed by atoms with Crippen molar-refractivity contribution >= 4 is 41.7 Å². The zero-order chi connectivity index (χ0) is 38.8. The van der Waals surface area contributed by atoms with Crippen molar-refractivity contribution in [1.29, 1.82) is 0 Å². The zero-order valence-electron chi connectivity index (χ0n) is 33.2. The van der Waals surface area contributed by atoms with Crippen LogP contribution >= 0.6 is 11.3 Å². The van der Waals surface area contributed by atoms with Crippen molar-refractivity contribution in [2.75, 3.05) is 6.54 Å². The van der Waals surface area contributed by atoms with Crippen LogP contribution in [0, 0.1) is 17.8 Å². The number of carboxylic acids is 1. The predicted molar refractivity (Wildman–Crippen MR) is 222 cm³/mol. The van der Waals surface area contributed by atoms with E-state index in [9.17, 15) is 19.5 Å². The first kappa shape index (κ1) is 41.3. The van der Waals surface area contributed by atoms with Gasteiger partial charge in [-0.1, -0.05) is 96.6 Å². The first-order valence-corrected chi connectivity index (χ1v) is 21.1. The van der Waals surface area contributed by atoms with Crippen molar-refractivity contribution in [1.82, 2.24) is 10.2 Å². The third-order valence-electron chi connectivity index (χ3n) is 11.9. The highest BCUT2D eigenvalue weighted by Gasteiger charge is 2.38. The maximum absolute atomic E-state index is 13.8. The summed E-state index contributed by atoms with van der Waals surface area (Å²) in [5.74, 6) is 1.41. The van der Waals surface area contributed by atoms with Crippen molar-refractivity contribution < 1.29 is 19.5 Å². The number of thiophene rings is 1. The van der Waals surface area contributed by atoms with E-state index in [1.165, 1.54) is 79.6 Å². The molecule has 292 valence electrons. The average molecular weight is 755 g/mol. The molecule has 1 saturated heterocycles. The van der Waals surface area contributed by atoms with Gasteiger partial charge in [0.25, 0.3) is 5.91 Å². The van der Waals surface area contributed by atoms with Gasteiger partial charge < -0.3 is 15.3 Å². The topological polar surface area (TPSA) is 111 Å². The SMILES string of the molecule is C=NC(=N/C=C(\C)C1=CCC(C2CCC(CCCCC)CC2)CC1)c1ccc(C[C@H](NC(=O)c2ccc(C(C)(C)C)s2)C(=O)N2CCC[C@H]2C(=O)O)cc1. The molecule has 54 heavy (non-hydrogen) atoms. The minimum atomic E-state index is -1.02. The molecule has 0 spiro atoms. The number of carbonyl (C=O) groups excluding carboxylic acids is 2. The normalized spacial score (nSPS) is 23.1. The second-order valence-corrected chi connectivity index (χ2v) is 17.9. The number of aliphatic imine (C=N–C) groups is 2. The van der Waals surface area contributed by atoms with Gasteiger partial charge in [-0.3, -0.25) is 9.59 Å². The van der Waals surface area contributed by atoms with Crippen molar-refractivity contribution in [2.45, 2.75) is 142 Å². The number of nitrogens with zero attached hydrogens (tertiary/aromatic N) is 3. The third kappa shape index (κ3) is 10.9. The number of hydrogen-bond donors (Lipinski definition) is 2. The van der Waals surface area contributed by atoms with Crippen molar-refractivity contribution in [3.05, 3.63) is 80.7 Å². The highest BCUT2D eigenvalue weighted by Crippen LogP contribution is 2.41. The fourth-order valence-corrected chi connectivity index (χ4v) is 9.49. The molecular formula is C45H62N4O4S. The number of hydrogen-bond acceptors (Lipinski definition) is 5. The summed E-state index contributed by atoms with van der Waals surface area (Å²) in [6.45, 7) is 14.8. The molecule has 5 rings (SSSR count). The molecule has 3 atom stereocenters. The highest BCUT2D eigenvalue weighted by molar-refractivity contribution is 7.14. The Morgan fingerprint density at radius 2 is 1.76 bits per heavy atom. The van der Waals surface area contributed by atoms with Crippen molar-refractivity contribution in [2.24, 2.45) is 27.7 Å². The van der Waals surface area contributed by atoms with Gasteiger partial charge in [0.1, 0.15) is 12.1 Å². The number of benzene rings is 1. The molecule has 2 fully saturated rings. The second kappa shape index (κ2) is 19.1. The van der Waals surface area contributed by atoms with E-state index < -0.39 is 18.1 Å². The first-order valence-electron chi connectivity index (χ1n) is 20.3. The van der Waals surface area contributed by atoms with E-state index in [2.05, 4.69) is 57.7 Å². The summed E-state index contributed by atoms with van der Waals surface area (Å²) in [6, 6.07) is 9.54. The van der Waals surface area contributed by atoms with Crippen LogP contribution in [0.1, 0.15) is 144 Å². The minimum absolute atomic E-state index is 0.107. The molecule has 2 heterocycles. The van der Waals surface area contributed by atoms with Gasteiger partial charge in [0, 0.05) is 29.6 Å². The van der Waals surface area contributed by atoms with Crippen LogP contribution in [0.3, 0.4) is 0 Å². The van der Waals surface area contributed by atoms with Crippen LogP contribution in [0.4, 0.5) is 0 Å². The lowest BCUT2D eigenvalue weighted by Crippen LogP contribution is -2.52. The molecule has 2 aromatic rings. The molecule has 1 saturated carbocycles. The lowest BCUT2D eigenvalue weighted by molar-refractivity contribution is -0.148. The van der Waals surface area contributed by atoms with Crippen LogP contribution in [0.2, 0.25) is 0 Å². The Labute approximate surface area is 327 Å². The highest BCUT2D eigenvalue weighted by atomic mass is 32.1. The summed E-state index contributed by atoms with van der Waals surface area (Å²) in [7, 11) is 0. The van der Waals surface area contributed by atoms with E-state index in [1.807, 2.05) is 36.5 Å². The number of rotatable bonds is 14. The molecule has 1 aromatic carbocycles. The van der Waals surface area contributed by atoms with Crippen LogP contribution in [-0.2, 0) is 21.4 Å². The summed E-state index contributed by atoms with van der Waals surface area (Å²) in [5, 5.41) is 12.7. The summed E-state index contributed by atoms with van der Waals surface area (Å²) in [4.78, 5) is 51.2. The van der Waals surface area contributed by atoms with Crippen molar-refractivity contribution in [3.63, 3.8) is 0 Å². The molecule has 1 unspecified atom stereocenters.